The highest BCUT2D eigenvalue weighted by atomic mass is 35.5. The first kappa shape index (κ1) is 18.0. The van der Waals surface area contributed by atoms with Crippen LogP contribution in [0.3, 0.4) is 0 Å². The minimum absolute atomic E-state index is 0.158. The maximum atomic E-state index is 6.25. The summed E-state index contributed by atoms with van der Waals surface area (Å²) in [6.45, 7) is 11.6. The smallest absolute Gasteiger partial charge is 0.192 e. The van der Waals surface area contributed by atoms with Crippen molar-refractivity contribution in [1.29, 1.82) is 0 Å². The molecule has 0 radical (unpaired) electrons. The molecule has 3 heterocycles. The lowest BCUT2D eigenvalue weighted by Crippen LogP contribution is -2.40. The van der Waals surface area contributed by atoms with Crippen LogP contribution in [0.25, 0.3) is 17.2 Å². The van der Waals surface area contributed by atoms with Crippen LogP contribution in [-0.2, 0) is 11.0 Å². The van der Waals surface area contributed by atoms with E-state index in [0.29, 0.717) is 28.9 Å². The molecular formula is C17H22ClN5OSi. The van der Waals surface area contributed by atoms with E-state index in [1.165, 1.54) is 0 Å². The van der Waals surface area contributed by atoms with Crippen molar-refractivity contribution in [2.45, 2.75) is 45.5 Å². The van der Waals surface area contributed by atoms with Crippen LogP contribution in [0.2, 0.25) is 23.3 Å². The summed E-state index contributed by atoms with van der Waals surface area (Å²) in [6, 6.07) is 5.39. The fourth-order valence-electron chi connectivity index (χ4n) is 2.07. The molecule has 0 fully saturated rings. The summed E-state index contributed by atoms with van der Waals surface area (Å²) in [7, 11) is -1.83. The first-order valence-corrected chi connectivity index (χ1v) is 11.4. The third kappa shape index (κ3) is 3.73. The van der Waals surface area contributed by atoms with Crippen LogP contribution in [0.5, 0.6) is 0 Å². The lowest BCUT2D eigenvalue weighted by atomic mass is 10.2. The number of hydrogen-bond acceptors (Lipinski definition) is 5. The molecule has 0 amide bonds. The second-order valence-electron chi connectivity index (χ2n) is 7.49. The van der Waals surface area contributed by atoms with Gasteiger partial charge in [-0.1, -0.05) is 32.4 Å². The molecule has 0 unspecified atom stereocenters. The molecule has 3 aromatic heterocycles. The molecule has 0 aromatic carbocycles. The minimum Gasteiger partial charge on any atom is -0.411 e. The Morgan fingerprint density at radius 1 is 1.16 bits per heavy atom. The molecule has 132 valence electrons. The van der Waals surface area contributed by atoms with Crippen LogP contribution >= 0.6 is 11.6 Å². The van der Waals surface area contributed by atoms with E-state index < -0.39 is 8.32 Å². The van der Waals surface area contributed by atoms with E-state index in [4.69, 9.17) is 16.0 Å². The molecule has 0 saturated heterocycles. The van der Waals surface area contributed by atoms with Gasteiger partial charge in [0.2, 0.25) is 0 Å². The molecule has 0 saturated carbocycles. The monoisotopic (exact) mass is 375 g/mol. The average Bonchev–Trinajstić information content (AvgIpc) is 2.95. The van der Waals surface area contributed by atoms with E-state index in [1.807, 2.05) is 12.1 Å². The molecule has 25 heavy (non-hydrogen) atoms. The van der Waals surface area contributed by atoms with Gasteiger partial charge in [0.25, 0.3) is 0 Å². The summed E-state index contributed by atoms with van der Waals surface area (Å²) in [5, 5.41) is 4.83. The van der Waals surface area contributed by atoms with Crippen LogP contribution in [0.15, 0.2) is 30.6 Å². The molecule has 0 aliphatic heterocycles. The normalized spacial score (nSPS) is 12.7. The fourth-order valence-corrected chi connectivity index (χ4v) is 3.15. The number of fused-ring (bicyclic) bond motifs is 1. The Morgan fingerprint density at radius 2 is 1.92 bits per heavy atom. The molecule has 0 aliphatic rings. The summed E-state index contributed by atoms with van der Waals surface area (Å²) >= 11 is 5.99. The van der Waals surface area contributed by atoms with Crippen molar-refractivity contribution in [2.75, 3.05) is 0 Å². The van der Waals surface area contributed by atoms with Crippen molar-refractivity contribution in [1.82, 2.24) is 24.6 Å². The second kappa shape index (κ2) is 6.47. The minimum atomic E-state index is -1.83. The number of rotatable bonds is 4. The van der Waals surface area contributed by atoms with Gasteiger partial charge in [-0.05, 0) is 36.3 Å². The summed E-state index contributed by atoms with van der Waals surface area (Å²) in [5.41, 5.74) is 2.24. The molecule has 0 bridgehead atoms. The molecule has 8 heteroatoms. The van der Waals surface area contributed by atoms with E-state index in [2.05, 4.69) is 53.9 Å². The van der Waals surface area contributed by atoms with Crippen LogP contribution in [-0.4, -0.2) is 32.9 Å². The van der Waals surface area contributed by atoms with Crippen molar-refractivity contribution in [3.63, 3.8) is 0 Å². The van der Waals surface area contributed by atoms with Gasteiger partial charge in [0.05, 0.1) is 18.5 Å². The van der Waals surface area contributed by atoms with E-state index >= 15 is 0 Å². The molecular weight excluding hydrogens is 354 g/mol. The molecule has 0 atom stereocenters. The summed E-state index contributed by atoms with van der Waals surface area (Å²) < 4.78 is 7.90. The average molecular weight is 376 g/mol. The second-order valence-corrected chi connectivity index (χ2v) is 12.7. The van der Waals surface area contributed by atoms with Gasteiger partial charge in [0.15, 0.2) is 19.8 Å². The van der Waals surface area contributed by atoms with E-state index in [1.54, 1.807) is 23.0 Å². The number of halogens is 1. The van der Waals surface area contributed by atoms with Crippen molar-refractivity contribution in [3.05, 3.63) is 41.4 Å². The Hall–Kier alpha value is -1.83. The van der Waals surface area contributed by atoms with Crippen molar-refractivity contribution < 1.29 is 4.43 Å². The van der Waals surface area contributed by atoms with E-state index in [0.717, 1.165) is 5.69 Å². The van der Waals surface area contributed by atoms with E-state index in [9.17, 15) is 0 Å². The standard InChI is InChI=1S/C17H22ClN5OSi/c1-17(2,3)25(4,5)24-11-12-8-9-19-16(21-12)13-10-20-15-7-6-14(18)22-23(13)15/h6-10H,11H2,1-5H3. The van der Waals surface area contributed by atoms with Gasteiger partial charge >= 0.3 is 0 Å². The highest BCUT2D eigenvalue weighted by Crippen LogP contribution is 2.37. The van der Waals surface area contributed by atoms with Crippen LogP contribution in [0.1, 0.15) is 26.5 Å². The molecule has 6 nitrogen and oxygen atoms in total. The quantitative estimate of drug-likeness (QED) is 0.634. The van der Waals surface area contributed by atoms with E-state index in [-0.39, 0.29) is 5.04 Å². The zero-order chi connectivity index (χ0) is 18.2. The Kier molecular flexibility index (Phi) is 4.65. The highest BCUT2D eigenvalue weighted by Gasteiger charge is 2.37. The van der Waals surface area contributed by atoms with Crippen molar-refractivity contribution >= 4 is 25.6 Å². The van der Waals surface area contributed by atoms with Gasteiger partial charge in [-0.25, -0.2) is 19.5 Å². The number of hydrogen-bond donors (Lipinski definition) is 0. The van der Waals surface area contributed by atoms with Crippen molar-refractivity contribution in [3.8, 4) is 11.5 Å². The fraction of sp³-hybridized carbons (Fsp3) is 0.412. The maximum Gasteiger partial charge on any atom is 0.192 e. The lowest BCUT2D eigenvalue weighted by molar-refractivity contribution is 0.272. The Labute approximate surface area is 153 Å². The van der Waals surface area contributed by atoms with Gasteiger partial charge < -0.3 is 4.43 Å². The molecule has 3 aromatic rings. The molecule has 0 aliphatic carbocycles. The predicted octanol–water partition coefficient (Wildman–Crippen LogP) is 4.36. The van der Waals surface area contributed by atoms with Gasteiger partial charge in [0, 0.05) is 6.20 Å². The highest BCUT2D eigenvalue weighted by molar-refractivity contribution is 6.74. The zero-order valence-electron chi connectivity index (χ0n) is 15.1. The number of aromatic nitrogens is 5. The van der Waals surface area contributed by atoms with Gasteiger partial charge in [-0.15, -0.1) is 0 Å². The Balaban J connectivity index is 1.88. The summed E-state index contributed by atoms with van der Waals surface area (Å²) in [6.07, 6.45) is 3.43. The Morgan fingerprint density at radius 3 is 2.64 bits per heavy atom. The third-order valence-corrected chi connectivity index (χ3v) is 9.34. The number of nitrogens with zero attached hydrogens (tertiary/aromatic N) is 5. The largest absolute Gasteiger partial charge is 0.411 e. The van der Waals surface area contributed by atoms with Crippen LogP contribution in [0.4, 0.5) is 0 Å². The van der Waals surface area contributed by atoms with Crippen molar-refractivity contribution in [2.24, 2.45) is 0 Å². The van der Waals surface area contributed by atoms with Gasteiger partial charge in [-0.3, -0.25) is 0 Å². The van der Waals surface area contributed by atoms with Gasteiger partial charge in [-0.2, -0.15) is 5.10 Å². The van der Waals surface area contributed by atoms with Crippen LogP contribution < -0.4 is 0 Å². The first-order chi connectivity index (χ1) is 11.7. The molecule has 0 N–H and O–H groups in total. The SMILES string of the molecule is CC(C)(C)[Si](C)(C)OCc1ccnc(-c2cnc3ccc(Cl)nn23)n1. The molecule has 0 spiro atoms. The number of imidazole rings is 1. The topological polar surface area (TPSA) is 65.2 Å². The maximum absolute atomic E-state index is 6.25. The Bertz CT molecular complexity index is 903. The lowest BCUT2D eigenvalue weighted by Gasteiger charge is -2.36. The zero-order valence-corrected chi connectivity index (χ0v) is 16.9. The molecule has 3 rings (SSSR count). The summed E-state index contributed by atoms with van der Waals surface area (Å²) in [4.78, 5) is 13.3. The van der Waals surface area contributed by atoms with Gasteiger partial charge in [0.1, 0.15) is 10.8 Å². The summed E-state index contributed by atoms with van der Waals surface area (Å²) in [5.74, 6) is 0.554. The van der Waals surface area contributed by atoms with Crippen LogP contribution in [0, 0.1) is 0 Å². The third-order valence-electron chi connectivity index (χ3n) is 4.66. The first-order valence-electron chi connectivity index (χ1n) is 8.14. The predicted molar refractivity (Wildman–Crippen MR) is 101 cm³/mol.